The van der Waals surface area contributed by atoms with Crippen molar-refractivity contribution in [1.29, 1.82) is 0 Å². The van der Waals surface area contributed by atoms with Crippen molar-refractivity contribution in [3.05, 3.63) is 52.0 Å². The first-order valence-corrected chi connectivity index (χ1v) is 8.02. The molecule has 2 aromatic rings. The van der Waals surface area contributed by atoms with Gasteiger partial charge in [-0.2, -0.15) is 0 Å². The third-order valence-electron chi connectivity index (χ3n) is 3.79. The van der Waals surface area contributed by atoms with E-state index < -0.39 is 11.9 Å². The number of hydrogen-bond donors (Lipinski definition) is 1. The van der Waals surface area contributed by atoms with Gasteiger partial charge in [0.05, 0.1) is 10.9 Å². The predicted octanol–water partition coefficient (Wildman–Crippen LogP) is 2.28. The maximum absolute atomic E-state index is 12.4. The minimum Gasteiger partial charge on any atom is -0.481 e. The van der Waals surface area contributed by atoms with Crippen LogP contribution in [0.25, 0.3) is 0 Å². The number of rotatable bonds is 4. The van der Waals surface area contributed by atoms with Crippen LogP contribution in [0.4, 0.5) is 0 Å². The Morgan fingerprint density at radius 1 is 1.32 bits per heavy atom. The zero-order valence-electron chi connectivity index (χ0n) is 11.9. The minimum atomic E-state index is -0.835. The zero-order valence-corrected chi connectivity index (χ0v) is 12.8. The summed E-state index contributed by atoms with van der Waals surface area (Å²) >= 11 is 1.46. The molecule has 1 aromatic carbocycles. The van der Waals surface area contributed by atoms with Crippen LogP contribution in [0, 0.1) is 5.92 Å². The zero-order chi connectivity index (χ0) is 15.5. The first-order chi connectivity index (χ1) is 10.6. The Balaban J connectivity index is 1.66. The normalized spacial score (nSPS) is 17.6. The topological polar surface area (TPSA) is 70.5 Å². The second-order valence-electron chi connectivity index (χ2n) is 5.36. The van der Waals surface area contributed by atoms with Gasteiger partial charge < -0.3 is 10.0 Å². The highest BCUT2D eigenvalue weighted by Gasteiger charge is 2.32. The lowest BCUT2D eigenvalue weighted by atomic mass is 10.1. The maximum Gasteiger partial charge on any atom is 0.308 e. The number of carboxylic acids is 1. The number of carbonyl (C=O) groups excluding carboxylic acids is 1. The predicted molar refractivity (Wildman–Crippen MR) is 83.0 cm³/mol. The summed E-state index contributed by atoms with van der Waals surface area (Å²) in [4.78, 5) is 29.3. The molecule has 1 amide bonds. The largest absolute Gasteiger partial charge is 0.481 e. The van der Waals surface area contributed by atoms with Crippen molar-refractivity contribution < 1.29 is 14.7 Å². The lowest BCUT2D eigenvalue weighted by Crippen LogP contribution is -2.30. The van der Waals surface area contributed by atoms with Gasteiger partial charge in [0.2, 0.25) is 0 Å². The number of hydrogen-bond acceptors (Lipinski definition) is 4. The fraction of sp³-hybridized carbons (Fsp3) is 0.312. The molecule has 1 saturated heterocycles. The lowest BCUT2D eigenvalue weighted by molar-refractivity contribution is -0.141. The molecule has 5 nitrogen and oxygen atoms in total. The Labute approximate surface area is 132 Å². The molecule has 0 radical (unpaired) electrons. The van der Waals surface area contributed by atoms with Crippen molar-refractivity contribution in [3.63, 3.8) is 0 Å². The molecule has 1 aliphatic heterocycles. The van der Waals surface area contributed by atoms with Crippen molar-refractivity contribution in [2.75, 3.05) is 13.1 Å². The van der Waals surface area contributed by atoms with Gasteiger partial charge in [0.15, 0.2) is 0 Å². The van der Waals surface area contributed by atoms with Gasteiger partial charge >= 0.3 is 5.97 Å². The standard InChI is InChI=1S/C16H16N2O3S/c19-15(18-7-6-12(9-18)16(20)21)13-10-22-14(17-13)8-11-4-2-1-3-5-11/h1-5,10,12H,6-9H2,(H,20,21). The Bertz CT molecular complexity index is 684. The van der Waals surface area contributed by atoms with E-state index in [0.29, 0.717) is 25.1 Å². The summed E-state index contributed by atoms with van der Waals surface area (Å²) in [7, 11) is 0. The van der Waals surface area contributed by atoms with Crippen LogP contribution in [0.5, 0.6) is 0 Å². The average Bonchev–Trinajstić information content (AvgIpc) is 3.17. The minimum absolute atomic E-state index is 0.167. The Morgan fingerprint density at radius 3 is 2.77 bits per heavy atom. The molecule has 22 heavy (non-hydrogen) atoms. The van der Waals surface area contributed by atoms with Gasteiger partial charge in [0.1, 0.15) is 5.69 Å². The molecule has 1 N–H and O–H groups in total. The Morgan fingerprint density at radius 2 is 2.09 bits per heavy atom. The maximum atomic E-state index is 12.4. The smallest absolute Gasteiger partial charge is 0.308 e. The SMILES string of the molecule is O=C(O)C1CCN(C(=O)c2csc(Cc3ccccc3)n2)C1. The number of nitrogens with zero attached hydrogens (tertiary/aromatic N) is 2. The third-order valence-corrected chi connectivity index (χ3v) is 4.64. The number of thiazole rings is 1. The van der Waals surface area contributed by atoms with Crippen LogP contribution in [-0.2, 0) is 11.2 Å². The highest BCUT2D eigenvalue weighted by molar-refractivity contribution is 7.09. The van der Waals surface area contributed by atoms with E-state index in [1.54, 1.807) is 10.3 Å². The molecule has 1 fully saturated rings. The summed E-state index contributed by atoms with van der Waals surface area (Å²) in [5, 5.41) is 11.7. The Hall–Kier alpha value is -2.21. The van der Waals surface area contributed by atoms with Crippen molar-refractivity contribution in [1.82, 2.24) is 9.88 Å². The van der Waals surface area contributed by atoms with E-state index in [4.69, 9.17) is 5.11 Å². The number of aromatic nitrogens is 1. The lowest BCUT2D eigenvalue weighted by Gasteiger charge is -2.13. The van der Waals surface area contributed by atoms with E-state index in [0.717, 1.165) is 10.6 Å². The van der Waals surface area contributed by atoms with E-state index in [2.05, 4.69) is 4.98 Å². The van der Waals surface area contributed by atoms with E-state index >= 15 is 0 Å². The van der Waals surface area contributed by atoms with Crippen molar-refractivity contribution in [2.45, 2.75) is 12.8 Å². The van der Waals surface area contributed by atoms with Crippen molar-refractivity contribution in [3.8, 4) is 0 Å². The van der Waals surface area contributed by atoms with Crippen LogP contribution >= 0.6 is 11.3 Å². The van der Waals surface area contributed by atoms with Gasteiger partial charge in [-0.15, -0.1) is 11.3 Å². The van der Waals surface area contributed by atoms with E-state index in [-0.39, 0.29) is 12.5 Å². The summed E-state index contributed by atoms with van der Waals surface area (Å²) in [6.45, 7) is 0.765. The van der Waals surface area contributed by atoms with Gasteiger partial charge in [0.25, 0.3) is 5.91 Å². The average molecular weight is 316 g/mol. The number of benzene rings is 1. The number of likely N-dealkylation sites (tertiary alicyclic amines) is 1. The van der Waals surface area contributed by atoms with Crippen molar-refractivity contribution in [2.24, 2.45) is 5.92 Å². The Kier molecular flexibility index (Phi) is 4.20. The number of carboxylic acid groups (broad SMARTS) is 1. The van der Waals surface area contributed by atoms with E-state index in [9.17, 15) is 9.59 Å². The van der Waals surface area contributed by atoms with Crippen LogP contribution in [0.3, 0.4) is 0 Å². The molecular formula is C16H16N2O3S. The summed E-state index contributed by atoms with van der Waals surface area (Å²) in [5.74, 6) is -1.45. The second-order valence-corrected chi connectivity index (χ2v) is 6.31. The van der Waals surface area contributed by atoms with Crippen LogP contribution in [0.2, 0.25) is 0 Å². The molecule has 0 aliphatic carbocycles. The molecule has 1 aromatic heterocycles. The summed E-state index contributed by atoms with van der Waals surface area (Å²) in [6.07, 6.45) is 1.22. The molecule has 0 bridgehead atoms. The molecule has 1 atom stereocenters. The van der Waals surface area contributed by atoms with Gasteiger partial charge in [-0.3, -0.25) is 9.59 Å². The van der Waals surface area contributed by atoms with Gasteiger partial charge in [-0.1, -0.05) is 30.3 Å². The van der Waals surface area contributed by atoms with Crippen LogP contribution in [0.1, 0.15) is 27.5 Å². The van der Waals surface area contributed by atoms with Gasteiger partial charge in [-0.25, -0.2) is 4.98 Å². The third kappa shape index (κ3) is 3.17. The monoisotopic (exact) mass is 316 g/mol. The molecule has 114 valence electrons. The fourth-order valence-electron chi connectivity index (χ4n) is 2.57. The van der Waals surface area contributed by atoms with Gasteiger partial charge in [-0.05, 0) is 12.0 Å². The molecule has 1 unspecified atom stereocenters. The molecule has 3 rings (SSSR count). The number of aliphatic carboxylic acids is 1. The summed E-state index contributed by atoms with van der Waals surface area (Å²) < 4.78 is 0. The summed E-state index contributed by atoms with van der Waals surface area (Å²) in [6, 6.07) is 9.98. The van der Waals surface area contributed by atoms with Gasteiger partial charge in [0, 0.05) is 24.9 Å². The first-order valence-electron chi connectivity index (χ1n) is 7.14. The molecule has 6 heteroatoms. The molecule has 1 aliphatic rings. The second kappa shape index (κ2) is 6.27. The van der Waals surface area contributed by atoms with Crippen molar-refractivity contribution >= 4 is 23.2 Å². The first kappa shape index (κ1) is 14.7. The molecular weight excluding hydrogens is 300 g/mol. The number of amides is 1. The van der Waals surface area contributed by atoms with E-state index in [1.807, 2.05) is 30.3 Å². The highest BCUT2D eigenvalue weighted by Crippen LogP contribution is 2.21. The highest BCUT2D eigenvalue weighted by atomic mass is 32.1. The fourth-order valence-corrected chi connectivity index (χ4v) is 3.37. The molecule has 0 saturated carbocycles. The van der Waals surface area contributed by atoms with E-state index in [1.165, 1.54) is 11.3 Å². The number of carbonyl (C=O) groups is 2. The molecule has 0 spiro atoms. The quantitative estimate of drug-likeness (QED) is 0.939. The molecule has 2 heterocycles. The van der Waals surface area contributed by atoms with Crippen LogP contribution in [0.15, 0.2) is 35.7 Å². The van der Waals surface area contributed by atoms with Crippen LogP contribution in [-0.4, -0.2) is 40.0 Å². The summed E-state index contributed by atoms with van der Waals surface area (Å²) in [5.41, 5.74) is 1.57. The van der Waals surface area contributed by atoms with Crippen LogP contribution < -0.4 is 0 Å².